The Hall–Kier alpha value is -2.41. The first-order valence-electron chi connectivity index (χ1n) is 7.80. The van der Waals surface area contributed by atoms with Crippen LogP contribution in [0.25, 0.3) is 10.8 Å². The van der Waals surface area contributed by atoms with E-state index < -0.39 is 0 Å². The van der Waals surface area contributed by atoms with E-state index >= 15 is 0 Å². The van der Waals surface area contributed by atoms with Crippen molar-refractivity contribution in [1.82, 2.24) is 0 Å². The molecule has 0 unspecified atom stereocenters. The number of hydrogen-bond donors (Lipinski definition) is 0. The molecule has 0 aliphatic carbocycles. The summed E-state index contributed by atoms with van der Waals surface area (Å²) >= 11 is 0. The lowest BCUT2D eigenvalue weighted by Crippen LogP contribution is -2.30. The van der Waals surface area contributed by atoms with Crippen LogP contribution in [0.2, 0.25) is 0 Å². The highest BCUT2D eigenvalue weighted by Crippen LogP contribution is 2.45. The van der Waals surface area contributed by atoms with Gasteiger partial charge in [-0.2, -0.15) is 0 Å². The number of rotatable bonds is 2. The molecule has 22 heavy (non-hydrogen) atoms. The first kappa shape index (κ1) is 13.3. The lowest BCUT2D eigenvalue weighted by molar-refractivity contribution is 0.650. The minimum atomic E-state index is -0.0302. The maximum absolute atomic E-state index is 4.87. The smallest absolute Gasteiger partial charge is 0.0677 e. The molecular formula is C21H19N. The van der Waals surface area contributed by atoms with Gasteiger partial charge in [-0.05, 0) is 48.2 Å². The summed E-state index contributed by atoms with van der Waals surface area (Å²) < 4.78 is 0. The lowest BCUT2D eigenvalue weighted by Gasteiger charge is -2.27. The zero-order valence-electron chi connectivity index (χ0n) is 13.0. The van der Waals surface area contributed by atoms with E-state index in [-0.39, 0.29) is 5.41 Å². The van der Waals surface area contributed by atoms with Gasteiger partial charge in [0.1, 0.15) is 0 Å². The lowest BCUT2D eigenvalue weighted by atomic mass is 9.73. The first-order chi connectivity index (χ1) is 10.7. The third-order valence-electron chi connectivity index (χ3n) is 4.95. The van der Waals surface area contributed by atoms with E-state index in [9.17, 15) is 0 Å². The van der Waals surface area contributed by atoms with Crippen LogP contribution in [0.15, 0.2) is 71.7 Å². The zero-order chi connectivity index (χ0) is 15.2. The number of benzene rings is 3. The van der Waals surface area contributed by atoms with Crippen LogP contribution in [0.4, 0.5) is 5.69 Å². The van der Waals surface area contributed by atoms with Crippen molar-refractivity contribution in [3.05, 3.63) is 77.9 Å². The Morgan fingerprint density at radius 2 is 1.59 bits per heavy atom. The quantitative estimate of drug-likeness (QED) is 0.594. The van der Waals surface area contributed by atoms with E-state index in [4.69, 9.17) is 4.99 Å². The predicted octanol–water partition coefficient (Wildman–Crippen LogP) is 5.45. The molecule has 0 bridgehead atoms. The Morgan fingerprint density at radius 3 is 2.41 bits per heavy atom. The Morgan fingerprint density at radius 1 is 0.864 bits per heavy atom. The monoisotopic (exact) mass is 285 g/mol. The van der Waals surface area contributed by atoms with Crippen molar-refractivity contribution in [1.29, 1.82) is 0 Å². The molecule has 1 heteroatoms. The minimum absolute atomic E-state index is 0.0302. The fourth-order valence-electron chi connectivity index (χ4n) is 3.64. The molecule has 1 aliphatic rings. The highest BCUT2D eigenvalue weighted by atomic mass is 14.8. The van der Waals surface area contributed by atoms with Gasteiger partial charge in [0, 0.05) is 11.1 Å². The Bertz CT molecular complexity index is 877. The summed E-state index contributed by atoms with van der Waals surface area (Å²) in [5, 5.41) is 2.63. The summed E-state index contributed by atoms with van der Waals surface area (Å²) in [5.41, 5.74) is 5.06. The van der Waals surface area contributed by atoms with Gasteiger partial charge in [-0.1, -0.05) is 60.7 Å². The maximum atomic E-state index is 4.87. The second-order valence-corrected chi connectivity index (χ2v) is 6.37. The second-order valence-electron chi connectivity index (χ2n) is 6.37. The van der Waals surface area contributed by atoms with E-state index in [1.807, 2.05) is 0 Å². The largest absolute Gasteiger partial charge is 0.257 e. The molecule has 0 amide bonds. The molecule has 4 rings (SSSR count). The van der Waals surface area contributed by atoms with Crippen molar-refractivity contribution in [3.63, 3.8) is 0 Å². The van der Waals surface area contributed by atoms with Gasteiger partial charge in [-0.25, -0.2) is 0 Å². The van der Waals surface area contributed by atoms with Crippen molar-refractivity contribution >= 4 is 22.2 Å². The van der Waals surface area contributed by atoms with Gasteiger partial charge in [-0.15, -0.1) is 0 Å². The molecule has 1 nitrogen and oxygen atoms in total. The van der Waals surface area contributed by atoms with Crippen LogP contribution >= 0.6 is 0 Å². The Balaban J connectivity index is 1.92. The molecule has 3 aromatic rings. The Labute approximate surface area is 131 Å². The fourth-order valence-corrected chi connectivity index (χ4v) is 3.64. The molecule has 0 aromatic heterocycles. The van der Waals surface area contributed by atoms with E-state index in [0.717, 1.165) is 12.1 Å². The number of nitrogens with zero attached hydrogens (tertiary/aromatic N) is 1. The van der Waals surface area contributed by atoms with Gasteiger partial charge in [-0.3, -0.25) is 4.99 Å². The molecule has 1 heterocycles. The van der Waals surface area contributed by atoms with Crippen molar-refractivity contribution in [3.8, 4) is 0 Å². The SMILES string of the molecule is CC1=Nc2ccc3ccccc3c2[C@@]1(C)Cc1ccccc1. The van der Waals surface area contributed by atoms with Crippen molar-refractivity contribution in [2.45, 2.75) is 25.7 Å². The summed E-state index contributed by atoms with van der Waals surface area (Å²) in [7, 11) is 0. The van der Waals surface area contributed by atoms with Gasteiger partial charge >= 0.3 is 0 Å². The van der Waals surface area contributed by atoms with Crippen LogP contribution in [-0.4, -0.2) is 5.71 Å². The van der Waals surface area contributed by atoms with Crippen molar-refractivity contribution in [2.75, 3.05) is 0 Å². The number of fused-ring (bicyclic) bond motifs is 3. The van der Waals surface area contributed by atoms with Gasteiger partial charge in [0.05, 0.1) is 5.69 Å². The average Bonchev–Trinajstić information content (AvgIpc) is 2.80. The topological polar surface area (TPSA) is 12.4 Å². The molecule has 1 atom stereocenters. The molecule has 0 radical (unpaired) electrons. The van der Waals surface area contributed by atoms with E-state index in [1.54, 1.807) is 0 Å². The summed E-state index contributed by atoms with van der Waals surface area (Å²) in [4.78, 5) is 4.87. The van der Waals surface area contributed by atoms with Crippen LogP contribution < -0.4 is 0 Å². The number of hydrogen-bond acceptors (Lipinski definition) is 1. The molecule has 0 saturated heterocycles. The van der Waals surface area contributed by atoms with Crippen LogP contribution in [0.3, 0.4) is 0 Å². The van der Waals surface area contributed by atoms with Gasteiger partial charge in [0.15, 0.2) is 0 Å². The van der Waals surface area contributed by atoms with Crippen LogP contribution in [-0.2, 0) is 11.8 Å². The van der Waals surface area contributed by atoms with E-state index in [2.05, 4.69) is 80.6 Å². The second kappa shape index (κ2) is 4.81. The molecular weight excluding hydrogens is 266 g/mol. The normalized spacial score (nSPS) is 20.0. The van der Waals surface area contributed by atoms with Gasteiger partial charge in [0.25, 0.3) is 0 Å². The molecule has 1 aliphatic heterocycles. The molecule has 108 valence electrons. The molecule has 0 N–H and O–H groups in total. The van der Waals surface area contributed by atoms with E-state index in [1.165, 1.54) is 27.6 Å². The zero-order valence-corrected chi connectivity index (χ0v) is 13.0. The van der Waals surface area contributed by atoms with Crippen molar-refractivity contribution < 1.29 is 0 Å². The third kappa shape index (κ3) is 1.89. The van der Waals surface area contributed by atoms with Crippen molar-refractivity contribution in [2.24, 2.45) is 4.99 Å². The highest BCUT2D eigenvalue weighted by Gasteiger charge is 2.38. The molecule has 0 spiro atoms. The maximum Gasteiger partial charge on any atom is 0.0677 e. The van der Waals surface area contributed by atoms with E-state index in [0.29, 0.717) is 0 Å². The molecule has 0 fully saturated rings. The van der Waals surface area contributed by atoms with Gasteiger partial charge < -0.3 is 0 Å². The third-order valence-corrected chi connectivity index (χ3v) is 4.95. The standard InChI is InChI=1S/C21H19N/c1-15-21(2,14-16-8-4-3-5-9-16)20-18-11-7-6-10-17(18)12-13-19(20)22-15/h3-13H,14H2,1-2H3/t21-/m0/s1. The average molecular weight is 285 g/mol. The first-order valence-corrected chi connectivity index (χ1v) is 7.80. The highest BCUT2D eigenvalue weighted by molar-refractivity contribution is 6.06. The molecule has 0 saturated carbocycles. The fraction of sp³-hybridized carbons (Fsp3) is 0.190. The summed E-state index contributed by atoms with van der Waals surface area (Å²) in [6, 6.07) is 23.7. The predicted molar refractivity (Wildman–Crippen MR) is 94.2 cm³/mol. The van der Waals surface area contributed by atoms with Crippen LogP contribution in [0.1, 0.15) is 25.0 Å². The molecule has 3 aromatic carbocycles. The van der Waals surface area contributed by atoms with Gasteiger partial charge in [0.2, 0.25) is 0 Å². The Kier molecular flexibility index (Phi) is 2.90. The minimum Gasteiger partial charge on any atom is -0.257 e. The summed E-state index contributed by atoms with van der Waals surface area (Å²) in [6.45, 7) is 4.49. The number of aliphatic imine (C=N–C) groups is 1. The van der Waals surface area contributed by atoms with Crippen LogP contribution in [0, 0.1) is 0 Å². The summed E-state index contributed by atoms with van der Waals surface area (Å²) in [5.74, 6) is 0. The summed E-state index contributed by atoms with van der Waals surface area (Å²) in [6.07, 6.45) is 0.990. The van der Waals surface area contributed by atoms with Crippen LogP contribution in [0.5, 0.6) is 0 Å².